The molecule has 0 heterocycles. The number of benzene rings is 3. The van der Waals surface area contributed by atoms with Crippen molar-refractivity contribution in [3.05, 3.63) is 81.8 Å². The highest BCUT2D eigenvalue weighted by Crippen LogP contribution is 2.25. The number of rotatable bonds is 7. The summed E-state index contributed by atoms with van der Waals surface area (Å²) in [4.78, 5) is 12.6. The molecule has 3 aromatic carbocycles. The minimum atomic E-state index is -3.92. The van der Waals surface area contributed by atoms with E-state index in [9.17, 15) is 21.6 Å². The number of aryl methyl sites for hydroxylation is 1. The van der Waals surface area contributed by atoms with E-state index in [2.05, 4.69) is 14.8 Å². The van der Waals surface area contributed by atoms with Crippen molar-refractivity contribution in [3.63, 3.8) is 0 Å². The van der Waals surface area contributed by atoms with Gasteiger partial charge < -0.3 is 5.32 Å². The van der Waals surface area contributed by atoms with Crippen LogP contribution in [0.5, 0.6) is 0 Å². The zero-order valence-corrected chi connectivity index (χ0v) is 20.5. The number of hydrogen-bond donors (Lipinski definition) is 3. The van der Waals surface area contributed by atoms with Crippen LogP contribution in [-0.2, 0) is 20.0 Å². The maximum absolute atomic E-state index is 12.6. The monoisotopic (exact) mass is 527 g/mol. The summed E-state index contributed by atoms with van der Waals surface area (Å²) >= 11 is 11.8. The molecule has 12 heteroatoms. The molecule has 0 aliphatic carbocycles. The molecule has 0 aliphatic rings. The predicted molar refractivity (Wildman–Crippen MR) is 131 cm³/mol. The number of nitrogens with one attached hydrogen (secondary N) is 3. The summed E-state index contributed by atoms with van der Waals surface area (Å²) in [6.07, 6.45) is 1.02. The molecule has 0 spiro atoms. The number of hydrogen-bond acceptors (Lipinski definition) is 5. The van der Waals surface area contributed by atoms with Crippen molar-refractivity contribution in [1.82, 2.24) is 0 Å². The second-order valence-electron chi connectivity index (χ2n) is 7.15. The lowest BCUT2D eigenvalue weighted by Gasteiger charge is -2.12. The van der Waals surface area contributed by atoms with Crippen molar-refractivity contribution >= 4 is 66.2 Å². The van der Waals surface area contributed by atoms with E-state index in [4.69, 9.17) is 23.2 Å². The lowest BCUT2D eigenvalue weighted by molar-refractivity contribution is 0.102. The predicted octanol–water partition coefficient (Wildman–Crippen LogP) is 4.73. The van der Waals surface area contributed by atoms with Crippen molar-refractivity contribution in [1.29, 1.82) is 0 Å². The molecule has 0 saturated carbocycles. The topological polar surface area (TPSA) is 121 Å². The molecule has 0 fully saturated rings. The van der Waals surface area contributed by atoms with Gasteiger partial charge in [0.25, 0.3) is 15.9 Å². The summed E-state index contributed by atoms with van der Waals surface area (Å²) in [5.74, 6) is -0.492. The Kier molecular flexibility index (Phi) is 7.23. The zero-order valence-electron chi connectivity index (χ0n) is 17.4. The number of sulfonamides is 2. The number of anilines is 3. The molecule has 33 heavy (non-hydrogen) atoms. The molecule has 1 amide bonds. The Morgan fingerprint density at radius 2 is 1.39 bits per heavy atom. The Labute approximate surface area is 202 Å². The highest BCUT2D eigenvalue weighted by molar-refractivity contribution is 7.92. The molecule has 0 unspecified atom stereocenters. The van der Waals surface area contributed by atoms with Gasteiger partial charge in [-0.1, -0.05) is 29.3 Å². The van der Waals surface area contributed by atoms with Crippen LogP contribution >= 0.6 is 23.2 Å². The van der Waals surface area contributed by atoms with Gasteiger partial charge in [-0.05, 0) is 67.1 Å². The molecule has 0 bridgehead atoms. The second-order valence-corrected chi connectivity index (χ2v) is 11.4. The molecular formula is C21H19Cl2N3O5S2. The third-order valence-electron chi connectivity index (χ3n) is 4.33. The number of carbonyl (C=O) groups excluding carboxylic acids is 1. The third kappa shape index (κ3) is 6.84. The molecule has 8 nitrogen and oxygen atoms in total. The average molecular weight is 528 g/mol. The first-order valence-corrected chi connectivity index (χ1v) is 13.4. The van der Waals surface area contributed by atoms with Crippen LogP contribution in [0.2, 0.25) is 10.0 Å². The molecule has 0 radical (unpaired) electrons. The van der Waals surface area contributed by atoms with E-state index < -0.39 is 26.0 Å². The molecule has 174 valence electrons. The van der Waals surface area contributed by atoms with Gasteiger partial charge in [0.2, 0.25) is 10.0 Å². The Hall–Kier alpha value is -2.79. The molecule has 3 aromatic rings. The first kappa shape index (κ1) is 24.8. The van der Waals surface area contributed by atoms with E-state index >= 15 is 0 Å². The SMILES string of the molecule is Cc1ccc(C(=O)Nc2ccc(S(=O)(=O)Nc3cc(Cl)cc(Cl)c3)cc2)cc1NS(C)(=O)=O. The van der Waals surface area contributed by atoms with E-state index in [1.807, 2.05) is 0 Å². The van der Waals surface area contributed by atoms with Crippen LogP contribution in [0.15, 0.2) is 65.6 Å². The Bertz CT molecular complexity index is 1400. The highest BCUT2D eigenvalue weighted by Gasteiger charge is 2.16. The Morgan fingerprint density at radius 1 is 0.788 bits per heavy atom. The maximum atomic E-state index is 12.6. The lowest BCUT2D eigenvalue weighted by Crippen LogP contribution is -2.15. The van der Waals surface area contributed by atoms with Gasteiger partial charge in [-0.3, -0.25) is 14.2 Å². The summed E-state index contributed by atoms with van der Waals surface area (Å²) in [7, 11) is -7.42. The molecule has 0 atom stereocenters. The van der Waals surface area contributed by atoms with Gasteiger partial charge in [-0.15, -0.1) is 0 Å². The fourth-order valence-electron chi connectivity index (χ4n) is 2.82. The molecule has 3 rings (SSSR count). The van der Waals surface area contributed by atoms with E-state index in [0.717, 1.165) is 6.26 Å². The van der Waals surface area contributed by atoms with E-state index in [1.54, 1.807) is 19.1 Å². The van der Waals surface area contributed by atoms with Gasteiger partial charge >= 0.3 is 0 Å². The summed E-state index contributed by atoms with van der Waals surface area (Å²) in [6.45, 7) is 1.71. The van der Waals surface area contributed by atoms with Crippen molar-refractivity contribution in [2.24, 2.45) is 0 Å². The lowest BCUT2D eigenvalue weighted by atomic mass is 10.1. The number of carbonyl (C=O) groups is 1. The van der Waals surface area contributed by atoms with Crippen molar-refractivity contribution < 1.29 is 21.6 Å². The van der Waals surface area contributed by atoms with Crippen molar-refractivity contribution in [2.75, 3.05) is 21.0 Å². The molecular weight excluding hydrogens is 509 g/mol. The molecule has 0 saturated heterocycles. The largest absolute Gasteiger partial charge is 0.322 e. The van der Waals surface area contributed by atoms with Crippen LogP contribution in [0.25, 0.3) is 0 Å². The van der Waals surface area contributed by atoms with Crippen molar-refractivity contribution in [3.8, 4) is 0 Å². The molecule has 3 N–H and O–H groups in total. The van der Waals surface area contributed by atoms with Crippen molar-refractivity contribution in [2.45, 2.75) is 11.8 Å². The zero-order chi connectivity index (χ0) is 24.4. The van der Waals surface area contributed by atoms with Gasteiger partial charge in [0.1, 0.15) is 0 Å². The van der Waals surface area contributed by atoms with Crippen LogP contribution in [-0.4, -0.2) is 29.0 Å². The minimum Gasteiger partial charge on any atom is -0.322 e. The van der Waals surface area contributed by atoms with Crippen LogP contribution in [0.3, 0.4) is 0 Å². The van der Waals surface area contributed by atoms with Gasteiger partial charge in [-0.25, -0.2) is 16.8 Å². The fraction of sp³-hybridized carbons (Fsp3) is 0.0952. The molecule has 0 aliphatic heterocycles. The van der Waals surface area contributed by atoms with Crippen LogP contribution in [0.1, 0.15) is 15.9 Å². The summed E-state index contributed by atoms with van der Waals surface area (Å²) in [5.41, 5.74) is 1.73. The van der Waals surface area contributed by atoms with E-state index in [-0.39, 0.29) is 26.2 Å². The normalized spacial score (nSPS) is 11.6. The van der Waals surface area contributed by atoms with Crippen LogP contribution < -0.4 is 14.8 Å². The number of amides is 1. The first-order valence-electron chi connectivity index (χ1n) is 9.31. The highest BCUT2D eigenvalue weighted by atomic mass is 35.5. The summed E-state index contributed by atoms with van der Waals surface area (Å²) < 4.78 is 53.0. The van der Waals surface area contributed by atoms with Gasteiger partial charge in [0.15, 0.2) is 0 Å². The van der Waals surface area contributed by atoms with E-state index in [0.29, 0.717) is 16.9 Å². The Balaban J connectivity index is 1.75. The summed E-state index contributed by atoms with van der Waals surface area (Å²) in [5, 5.41) is 3.21. The Morgan fingerprint density at radius 3 is 1.97 bits per heavy atom. The first-order chi connectivity index (χ1) is 15.3. The maximum Gasteiger partial charge on any atom is 0.261 e. The standard InChI is InChI=1S/C21H19Cl2N3O5S2/c1-13-3-4-14(9-20(13)26-32(2,28)29)21(27)24-17-5-7-19(8-6-17)33(30,31)25-18-11-15(22)10-16(23)12-18/h3-12,25-26H,1-2H3,(H,24,27). The minimum absolute atomic E-state index is 0.0356. The summed E-state index contributed by atoms with van der Waals surface area (Å²) in [6, 6.07) is 14.4. The fourth-order valence-corrected chi connectivity index (χ4v) is 5.01. The number of halogens is 2. The second kappa shape index (κ2) is 9.60. The van der Waals surface area contributed by atoms with Crippen LogP contribution in [0, 0.1) is 6.92 Å². The van der Waals surface area contributed by atoms with Crippen LogP contribution in [0.4, 0.5) is 17.1 Å². The molecule has 0 aromatic heterocycles. The van der Waals surface area contributed by atoms with Gasteiger partial charge in [-0.2, -0.15) is 0 Å². The third-order valence-corrected chi connectivity index (χ3v) is 6.76. The quantitative estimate of drug-likeness (QED) is 0.410. The van der Waals surface area contributed by atoms with Gasteiger partial charge in [0, 0.05) is 21.3 Å². The smallest absolute Gasteiger partial charge is 0.261 e. The van der Waals surface area contributed by atoms with Gasteiger partial charge in [0.05, 0.1) is 22.5 Å². The van der Waals surface area contributed by atoms with E-state index in [1.165, 1.54) is 48.5 Å². The average Bonchev–Trinajstić information content (AvgIpc) is 2.68.